The predicted molar refractivity (Wildman–Crippen MR) is 93.7 cm³/mol. The minimum absolute atomic E-state index is 0.129. The van der Waals surface area contributed by atoms with Gasteiger partial charge in [0.1, 0.15) is 5.75 Å². The maximum Gasteiger partial charge on any atom is 0.124 e. The first-order valence-corrected chi connectivity index (χ1v) is 8.14. The van der Waals surface area contributed by atoms with Gasteiger partial charge in [-0.2, -0.15) is 0 Å². The van der Waals surface area contributed by atoms with Gasteiger partial charge in [0.15, 0.2) is 0 Å². The Morgan fingerprint density at radius 3 is 2.57 bits per heavy atom. The second kappa shape index (κ2) is 7.39. The van der Waals surface area contributed by atoms with E-state index in [4.69, 9.17) is 27.9 Å². The molecule has 1 N–H and O–H groups in total. The summed E-state index contributed by atoms with van der Waals surface area (Å²) in [7, 11) is 0. The lowest BCUT2D eigenvalue weighted by atomic mass is 10.2. The molecule has 0 radical (unpaired) electrons. The Bertz CT molecular complexity index is 632. The first kappa shape index (κ1) is 16.5. The molecular formula is C16H16BrCl2NO. The lowest BCUT2D eigenvalue weighted by Gasteiger charge is -2.16. The van der Waals surface area contributed by atoms with E-state index in [1.54, 1.807) is 6.07 Å². The zero-order valence-electron chi connectivity index (χ0n) is 11.8. The van der Waals surface area contributed by atoms with Crippen LogP contribution in [0.5, 0.6) is 5.75 Å². The topological polar surface area (TPSA) is 21.3 Å². The van der Waals surface area contributed by atoms with Crippen molar-refractivity contribution in [2.75, 3.05) is 5.32 Å². The van der Waals surface area contributed by atoms with Crippen LogP contribution in [0.4, 0.5) is 5.69 Å². The van der Waals surface area contributed by atoms with Gasteiger partial charge in [-0.05, 0) is 50.2 Å². The van der Waals surface area contributed by atoms with E-state index < -0.39 is 0 Å². The highest BCUT2D eigenvalue weighted by atomic mass is 79.9. The lowest BCUT2D eigenvalue weighted by Crippen LogP contribution is -2.09. The van der Waals surface area contributed by atoms with Crippen LogP contribution in [0.1, 0.15) is 19.4 Å². The largest absolute Gasteiger partial charge is 0.491 e. The Labute approximate surface area is 143 Å². The van der Waals surface area contributed by atoms with Gasteiger partial charge in [0, 0.05) is 21.6 Å². The summed E-state index contributed by atoms with van der Waals surface area (Å²) < 4.78 is 6.83. The van der Waals surface area contributed by atoms with Crippen molar-refractivity contribution in [3.05, 3.63) is 56.5 Å². The average molecular weight is 389 g/mol. The van der Waals surface area contributed by atoms with E-state index >= 15 is 0 Å². The van der Waals surface area contributed by atoms with Crippen LogP contribution in [0, 0.1) is 0 Å². The predicted octanol–water partition coefficient (Wildman–Crippen LogP) is 6.16. The molecule has 0 unspecified atom stereocenters. The SMILES string of the molecule is CC(C)Oc1ccc(Br)cc1CNc1ccc(Cl)cc1Cl. The first-order valence-electron chi connectivity index (χ1n) is 6.59. The van der Waals surface area contributed by atoms with Gasteiger partial charge in [-0.25, -0.2) is 0 Å². The van der Waals surface area contributed by atoms with Crippen LogP contribution in [-0.4, -0.2) is 6.10 Å². The van der Waals surface area contributed by atoms with Gasteiger partial charge in [0.2, 0.25) is 0 Å². The van der Waals surface area contributed by atoms with Gasteiger partial charge in [-0.3, -0.25) is 0 Å². The molecule has 0 aliphatic rings. The van der Waals surface area contributed by atoms with Crippen molar-refractivity contribution in [2.24, 2.45) is 0 Å². The van der Waals surface area contributed by atoms with Crippen molar-refractivity contribution in [1.29, 1.82) is 0 Å². The van der Waals surface area contributed by atoms with Crippen molar-refractivity contribution in [3.8, 4) is 5.75 Å². The van der Waals surface area contributed by atoms with Gasteiger partial charge < -0.3 is 10.1 Å². The summed E-state index contributed by atoms with van der Waals surface area (Å²) >= 11 is 15.5. The van der Waals surface area contributed by atoms with Gasteiger partial charge >= 0.3 is 0 Å². The van der Waals surface area contributed by atoms with E-state index in [2.05, 4.69) is 21.2 Å². The summed E-state index contributed by atoms with van der Waals surface area (Å²) in [6.45, 7) is 4.63. The zero-order chi connectivity index (χ0) is 15.4. The Balaban J connectivity index is 2.16. The number of anilines is 1. The van der Waals surface area contributed by atoms with Crippen molar-refractivity contribution in [3.63, 3.8) is 0 Å². The molecule has 0 aliphatic heterocycles. The van der Waals surface area contributed by atoms with Crippen LogP contribution in [0.15, 0.2) is 40.9 Å². The van der Waals surface area contributed by atoms with E-state index in [0.717, 1.165) is 21.5 Å². The van der Waals surface area contributed by atoms with Crippen LogP contribution in [0.25, 0.3) is 0 Å². The molecule has 0 heterocycles. The summed E-state index contributed by atoms with van der Waals surface area (Å²) in [5.41, 5.74) is 1.90. The molecular weight excluding hydrogens is 373 g/mol. The molecule has 0 amide bonds. The summed E-state index contributed by atoms with van der Waals surface area (Å²) in [5, 5.41) is 4.53. The second-order valence-electron chi connectivity index (χ2n) is 4.90. The highest BCUT2D eigenvalue weighted by Gasteiger charge is 2.08. The quantitative estimate of drug-likeness (QED) is 0.662. The highest BCUT2D eigenvalue weighted by Crippen LogP contribution is 2.28. The van der Waals surface area contributed by atoms with Crippen LogP contribution in [-0.2, 0) is 6.54 Å². The number of hydrogen-bond donors (Lipinski definition) is 1. The van der Waals surface area contributed by atoms with E-state index in [0.29, 0.717) is 16.6 Å². The summed E-state index contributed by atoms with van der Waals surface area (Å²) in [5.74, 6) is 0.866. The number of benzene rings is 2. The minimum atomic E-state index is 0.129. The third kappa shape index (κ3) is 4.80. The van der Waals surface area contributed by atoms with Crippen LogP contribution in [0.3, 0.4) is 0 Å². The van der Waals surface area contributed by atoms with E-state index in [1.165, 1.54) is 0 Å². The molecule has 0 aromatic heterocycles. The van der Waals surface area contributed by atoms with Crippen LogP contribution in [0.2, 0.25) is 10.0 Å². The summed E-state index contributed by atoms with van der Waals surface area (Å²) in [6, 6.07) is 11.4. The number of nitrogens with one attached hydrogen (secondary N) is 1. The summed E-state index contributed by atoms with van der Waals surface area (Å²) in [6.07, 6.45) is 0.129. The molecule has 0 atom stereocenters. The molecule has 0 bridgehead atoms. The van der Waals surface area contributed by atoms with E-state index in [9.17, 15) is 0 Å². The fraction of sp³-hybridized carbons (Fsp3) is 0.250. The lowest BCUT2D eigenvalue weighted by molar-refractivity contribution is 0.240. The molecule has 2 aromatic carbocycles. The smallest absolute Gasteiger partial charge is 0.124 e. The maximum absolute atomic E-state index is 6.16. The standard InChI is InChI=1S/C16H16BrCl2NO/c1-10(2)21-16-6-3-12(17)7-11(16)9-20-15-5-4-13(18)8-14(15)19/h3-8,10,20H,9H2,1-2H3. The van der Waals surface area contributed by atoms with E-state index in [-0.39, 0.29) is 6.10 Å². The Morgan fingerprint density at radius 1 is 1.14 bits per heavy atom. The van der Waals surface area contributed by atoms with Crippen LogP contribution >= 0.6 is 39.1 Å². The van der Waals surface area contributed by atoms with Crippen molar-refractivity contribution in [1.82, 2.24) is 0 Å². The molecule has 0 spiro atoms. The molecule has 2 nitrogen and oxygen atoms in total. The average Bonchev–Trinajstić information content (AvgIpc) is 2.40. The van der Waals surface area contributed by atoms with Gasteiger partial charge in [-0.1, -0.05) is 39.1 Å². The molecule has 0 fully saturated rings. The van der Waals surface area contributed by atoms with Crippen LogP contribution < -0.4 is 10.1 Å². The second-order valence-corrected chi connectivity index (χ2v) is 6.66. The molecule has 5 heteroatoms. The Hall–Kier alpha value is -0.900. The zero-order valence-corrected chi connectivity index (χ0v) is 14.9. The maximum atomic E-state index is 6.16. The molecule has 0 saturated heterocycles. The number of halogens is 3. The molecule has 0 aliphatic carbocycles. The number of hydrogen-bond acceptors (Lipinski definition) is 2. The molecule has 2 aromatic rings. The fourth-order valence-electron chi connectivity index (χ4n) is 1.88. The molecule has 2 rings (SSSR count). The Kier molecular flexibility index (Phi) is 5.80. The monoisotopic (exact) mass is 387 g/mol. The van der Waals surface area contributed by atoms with Crippen molar-refractivity contribution >= 4 is 44.8 Å². The molecule has 112 valence electrons. The van der Waals surface area contributed by atoms with E-state index in [1.807, 2.05) is 44.2 Å². The Morgan fingerprint density at radius 2 is 1.90 bits per heavy atom. The molecule has 0 saturated carbocycles. The fourth-order valence-corrected chi connectivity index (χ4v) is 2.76. The van der Waals surface area contributed by atoms with Gasteiger partial charge in [0.25, 0.3) is 0 Å². The highest BCUT2D eigenvalue weighted by molar-refractivity contribution is 9.10. The first-order chi connectivity index (χ1) is 9.95. The minimum Gasteiger partial charge on any atom is -0.491 e. The van der Waals surface area contributed by atoms with Crippen molar-refractivity contribution < 1.29 is 4.74 Å². The normalized spacial score (nSPS) is 10.8. The third-order valence-corrected chi connectivity index (χ3v) is 3.83. The van der Waals surface area contributed by atoms with Gasteiger partial charge in [0.05, 0.1) is 16.8 Å². The van der Waals surface area contributed by atoms with Crippen molar-refractivity contribution in [2.45, 2.75) is 26.5 Å². The summed E-state index contributed by atoms with van der Waals surface area (Å²) in [4.78, 5) is 0. The number of ether oxygens (including phenoxy) is 1. The molecule has 21 heavy (non-hydrogen) atoms. The number of rotatable bonds is 5. The third-order valence-electron chi connectivity index (χ3n) is 2.79. The van der Waals surface area contributed by atoms with Gasteiger partial charge in [-0.15, -0.1) is 0 Å².